The van der Waals surface area contributed by atoms with Crippen molar-refractivity contribution in [1.29, 1.82) is 0 Å². The number of nitrogens with one attached hydrogen (secondary N) is 1. The summed E-state index contributed by atoms with van der Waals surface area (Å²) in [6.45, 7) is 3.19. The van der Waals surface area contributed by atoms with Crippen LogP contribution in [-0.4, -0.2) is 50.1 Å². The van der Waals surface area contributed by atoms with E-state index in [1.54, 1.807) is 17.1 Å². The number of aromatic nitrogens is 3. The lowest BCUT2D eigenvalue weighted by molar-refractivity contribution is -0.120. The first-order valence-electron chi connectivity index (χ1n) is 8.97. The van der Waals surface area contributed by atoms with Gasteiger partial charge in [-0.05, 0) is 37.0 Å². The third-order valence-corrected chi connectivity index (χ3v) is 5.64. The number of carbonyl (C=O) groups is 2. The zero-order chi connectivity index (χ0) is 18.3. The van der Waals surface area contributed by atoms with Gasteiger partial charge < -0.3 is 10.2 Å². The molecule has 2 amide bonds. The molecule has 2 saturated heterocycles. The Kier molecular flexibility index (Phi) is 4.01. The van der Waals surface area contributed by atoms with Gasteiger partial charge in [-0.15, -0.1) is 0 Å². The third kappa shape index (κ3) is 2.87. The van der Waals surface area contributed by atoms with Gasteiger partial charge in [-0.25, -0.2) is 0 Å². The molecule has 4 rings (SSSR count). The van der Waals surface area contributed by atoms with Crippen molar-refractivity contribution in [2.24, 2.45) is 7.05 Å². The van der Waals surface area contributed by atoms with Crippen LogP contribution in [0.3, 0.4) is 0 Å². The predicted molar refractivity (Wildman–Crippen MR) is 95.6 cm³/mol. The Hall–Kier alpha value is -2.70. The van der Waals surface area contributed by atoms with Gasteiger partial charge in [0.1, 0.15) is 0 Å². The molecule has 4 heterocycles. The molecule has 1 spiro atoms. The molecule has 0 radical (unpaired) electrons. The van der Waals surface area contributed by atoms with Crippen LogP contribution in [0.15, 0.2) is 30.9 Å². The lowest BCUT2D eigenvalue weighted by Crippen LogP contribution is -2.54. The first kappa shape index (κ1) is 16.8. The van der Waals surface area contributed by atoms with Crippen molar-refractivity contribution >= 4 is 11.8 Å². The number of hydrogen-bond acceptors (Lipinski definition) is 4. The summed E-state index contributed by atoms with van der Waals surface area (Å²) in [5.74, 6) is 0.210. The smallest absolute Gasteiger partial charge is 0.255 e. The molecule has 2 aromatic heterocycles. The normalized spacial score (nSPS) is 21.8. The molecule has 2 fully saturated rings. The monoisotopic (exact) mass is 353 g/mol. The highest BCUT2D eigenvalue weighted by Gasteiger charge is 2.49. The van der Waals surface area contributed by atoms with E-state index in [0.717, 1.165) is 24.0 Å². The molecule has 1 N–H and O–H groups in total. The molecular formula is C19H23N5O2. The van der Waals surface area contributed by atoms with Crippen LogP contribution in [0.5, 0.6) is 0 Å². The number of rotatable bonds is 2. The fourth-order valence-corrected chi connectivity index (χ4v) is 4.29. The fraction of sp³-hybridized carbons (Fsp3) is 0.474. The van der Waals surface area contributed by atoms with Crippen LogP contribution in [0.2, 0.25) is 0 Å². The Morgan fingerprint density at radius 3 is 2.69 bits per heavy atom. The number of nitrogens with zero attached hydrogens (tertiary/aromatic N) is 4. The van der Waals surface area contributed by atoms with E-state index in [1.165, 1.54) is 0 Å². The van der Waals surface area contributed by atoms with Gasteiger partial charge in [-0.1, -0.05) is 0 Å². The number of pyridine rings is 1. The van der Waals surface area contributed by atoms with E-state index in [1.807, 2.05) is 37.3 Å². The van der Waals surface area contributed by atoms with Crippen LogP contribution in [0, 0.1) is 6.92 Å². The number of hydrogen-bond donors (Lipinski definition) is 1. The average Bonchev–Trinajstić information content (AvgIpc) is 3.18. The Morgan fingerprint density at radius 1 is 1.27 bits per heavy atom. The standard InChI is InChI=1S/C19H23N5O2/c1-13-7-14(10-20-9-13)18(26)24-5-3-19(4-6-24)16(8-17(25)22-19)15-11-21-23(2)12-15/h7,9-12,16H,3-6,8H2,1-2H3,(H,22,25)/t16-/m1/s1. The second kappa shape index (κ2) is 6.23. The van der Waals surface area contributed by atoms with Crippen molar-refractivity contribution in [3.8, 4) is 0 Å². The van der Waals surface area contributed by atoms with E-state index >= 15 is 0 Å². The summed E-state index contributed by atoms with van der Waals surface area (Å²) >= 11 is 0. The molecule has 7 nitrogen and oxygen atoms in total. The van der Waals surface area contributed by atoms with Gasteiger partial charge in [0, 0.05) is 51.1 Å². The SMILES string of the molecule is Cc1cncc(C(=O)N2CCC3(CC2)NC(=O)C[C@@H]3c2cnn(C)c2)c1. The summed E-state index contributed by atoms with van der Waals surface area (Å²) in [5, 5.41) is 7.47. The molecule has 0 aliphatic carbocycles. The topological polar surface area (TPSA) is 80.1 Å². The molecule has 136 valence electrons. The summed E-state index contributed by atoms with van der Waals surface area (Å²) in [7, 11) is 1.89. The maximum atomic E-state index is 12.8. The summed E-state index contributed by atoms with van der Waals surface area (Å²) in [6, 6.07) is 1.87. The molecule has 1 atom stereocenters. The Morgan fingerprint density at radius 2 is 2.04 bits per heavy atom. The zero-order valence-electron chi connectivity index (χ0n) is 15.1. The highest BCUT2D eigenvalue weighted by Crippen LogP contribution is 2.43. The number of carbonyl (C=O) groups excluding carboxylic acids is 2. The highest BCUT2D eigenvalue weighted by atomic mass is 16.2. The summed E-state index contributed by atoms with van der Waals surface area (Å²) in [6.07, 6.45) is 9.20. The van der Waals surface area contributed by atoms with E-state index in [-0.39, 0.29) is 23.3 Å². The molecule has 26 heavy (non-hydrogen) atoms. The minimum atomic E-state index is -0.276. The second-order valence-corrected chi connectivity index (χ2v) is 7.45. The minimum Gasteiger partial charge on any atom is -0.350 e. The quantitative estimate of drug-likeness (QED) is 0.885. The van der Waals surface area contributed by atoms with Crippen molar-refractivity contribution < 1.29 is 9.59 Å². The third-order valence-electron chi connectivity index (χ3n) is 5.64. The minimum absolute atomic E-state index is 0.0123. The van der Waals surface area contributed by atoms with Gasteiger partial charge in [0.2, 0.25) is 5.91 Å². The molecule has 0 saturated carbocycles. The number of piperidine rings is 1. The van der Waals surface area contributed by atoms with Crippen molar-refractivity contribution in [2.75, 3.05) is 13.1 Å². The van der Waals surface area contributed by atoms with Gasteiger partial charge >= 0.3 is 0 Å². The number of aryl methyl sites for hydroxylation is 2. The lowest BCUT2D eigenvalue weighted by Gasteiger charge is -2.42. The molecule has 2 aliphatic rings. The van der Waals surface area contributed by atoms with Crippen molar-refractivity contribution in [3.05, 3.63) is 47.5 Å². The summed E-state index contributed by atoms with van der Waals surface area (Å²) < 4.78 is 1.77. The largest absolute Gasteiger partial charge is 0.350 e. The van der Waals surface area contributed by atoms with E-state index in [0.29, 0.717) is 25.1 Å². The molecule has 2 aromatic rings. The van der Waals surface area contributed by atoms with Gasteiger partial charge in [0.25, 0.3) is 5.91 Å². The van der Waals surface area contributed by atoms with Gasteiger partial charge in [0.05, 0.1) is 17.3 Å². The predicted octanol–water partition coefficient (Wildman–Crippen LogP) is 1.40. The Balaban J connectivity index is 1.51. The highest BCUT2D eigenvalue weighted by molar-refractivity contribution is 5.94. The van der Waals surface area contributed by atoms with E-state index in [9.17, 15) is 9.59 Å². The molecular weight excluding hydrogens is 330 g/mol. The maximum absolute atomic E-state index is 12.8. The number of likely N-dealkylation sites (tertiary alicyclic amines) is 1. The Bertz CT molecular complexity index is 851. The van der Waals surface area contributed by atoms with Crippen molar-refractivity contribution in [1.82, 2.24) is 25.0 Å². The maximum Gasteiger partial charge on any atom is 0.255 e. The number of amides is 2. The first-order valence-corrected chi connectivity index (χ1v) is 8.97. The van der Waals surface area contributed by atoms with Crippen LogP contribution in [-0.2, 0) is 11.8 Å². The summed E-state index contributed by atoms with van der Waals surface area (Å²) in [4.78, 5) is 30.9. The van der Waals surface area contributed by atoms with E-state index < -0.39 is 0 Å². The van der Waals surface area contributed by atoms with Crippen LogP contribution in [0.1, 0.15) is 46.7 Å². The van der Waals surface area contributed by atoms with Crippen LogP contribution < -0.4 is 5.32 Å². The summed E-state index contributed by atoms with van der Waals surface area (Å²) in [5.41, 5.74) is 2.42. The Labute approximate surface area is 152 Å². The average molecular weight is 353 g/mol. The van der Waals surface area contributed by atoms with Crippen LogP contribution in [0.25, 0.3) is 0 Å². The molecule has 7 heteroatoms. The lowest BCUT2D eigenvalue weighted by atomic mass is 9.75. The second-order valence-electron chi connectivity index (χ2n) is 7.45. The van der Waals surface area contributed by atoms with Gasteiger partial charge in [-0.2, -0.15) is 5.10 Å². The molecule has 0 aromatic carbocycles. The fourth-order valence-electron chi connectivity index (χ4n) is 4.29. The van der Waals surface area contributed by atoms with Gasteiger partial charge in [-0.3, -0.25) is 19.3 Å². The van der Waals surface area contributed by atoms with Crippen molar-refractivity contribution in [2.45, 2.75) is 37.6 Å². The van der Waals surface area contributed by atoms with Crippen LogP contribution >= 0.6 is 0 Å². The van der Waals surface area contributed by atoms with Crippen molar-refractivity contribution in [3.63, 3.8) is 0 Å². The van der Waals surface area contributed by atoms with E-state index in [2.05, 4.69) is 15.4 Å². The molecule has 0 bridgehead atoms. The van der Waals surface area contributed by atoms with Gasteiger partial charge in [0.15, 0.2) is 0 Å². The van der Waals surface area contributed by atoms with E-state index in [4.69, 9.17) is 0 Å². The molecule has 2 aliphatic heterocycles. The van der Waals surface area contributed by atoms with Crippen LogP contribution in [0.4, 0.5) is 0 Å². The first-order chi connectivity index (χ1) is 12.5. The molecule has 0 unspecified atom stereocenters. The zero-order valence-corrected chi connectivity index (χ0v) is 15.1.